The Morgan fingerprint density at radius 1 is 0.492 bits per heavy atom. The quantitative estimate of drug-likeness (QED) is 0.0196. The molecule has 0 aromatic heterocycles. The lowest BCUT2D eigenvalue weighted by Gasteiger charge is -2.26. The average molecular weight is 878 g/mol. The molecule has 0 saturated heterocycles. The number of rotatable bonds is 42. The predicted molar refractivity (Wildman–Crippen MR) is 260 cm³/mol. The number of carbonyl (C=O) groups is 3. The number of ether oxygens (including phenoxy) is 4. The SMILES string of the molecule is CC/C=C\C/C=C\C/C=C\C/C=C\C/C=C\C/C=C\C/C=C\C/C=C\C/C=C\CCCC(=O)OC(COC(=O)CCCCCCCCCCC)COC(OCC[N+](C)(C)C)C(=O)[O-]. The number of hydrogen-bond acceptors (Lipinski definition) is 8. The standard InChI is InChI=1S/C54H87NO8/c1-6-8-10-12-14-16-17-18-19-20-21-22-23-24-25-26-27-28-29-30-31-32-33-34-35-37-39-41-43-45-52(57)63-50(49-62-54(53(58)59)60-47-46-55(3,4)5)48-61-51(56)44-42-40-38-36-15-13-11-9-7-2/h8,10,14,16,18-19,21-22,24-25,27-28,30-31,33-34,37,39,50,54H,6-7,9,11-13,15,17,20,23,26,29,32,35-36,38,40-49H2,1-5H3/b10-8-,16-14-,19-18-,22-21-,25-24-,28-27-,31-30-,34-33-,39-37-. The van der Waals surface area contributed by atoms with E-state index in [2.05, 4.69) is 117 Å². The molecular weight excluding hydrogens is 791 g/mol. The van der Waals surface area contributed by atoms with Crippen molar-refractivity contribution in [1.82, 2.24) is 0 Å². The molecular formula is C54H87NO8. The molecule has 0 radical (unpaired) electrons. The van der Waals surface area contributed by atoms with Crippen molar-refractivity contribution >= 4 is 17.9 Å². The number of unbranched alkanes of at least 4 members (excludes halogenated alkanes) is 9. The highest BCUT2D eigenvalue weighted by Crippen LogP contribution is 2.12. The fraction of sp³-hybridized carbons (Fsp3) is 0.611. The van der Waals surface area contributed by atoms with Gasteiger partial charge in [0, 0.05) is 12.8 Å². The van der Waals surface area contributed by atoms with E-state index in [1.165, 1.54) is 38.5 Å². The molecule has 63 heavy (non-hydrogen) atoms. The second kappa shape index (κ2) is 44.6. The summed E-state index contributed by atoms with van der Waals surface area (Å²) in [5.74, 6) is -2.39. The molecule has 0 N–H and O–H groups in total. The van der Waals surface area contributed by atoms with Crippen molar-refractivity contribution in [2.24, 2.45) is 0 Å². The lowest BCUT2D eigenvalue weighted by Crippen LogP contribution is -2.44. The van der Waals surface area contributed by atoms with Crippen molar-refractivity contribution in [1.29, 1.82) is 0 Å². The smallest absolute Gasteiger partial charge is 0.306 e. The van der Waals surface area contributed by atoms with Crippen LogP contribution in [0.1, 0.15) is 155 Å². The van der Waals surface area contributed by atoms with Crippen molar-refractivity contribution in [2.75, 3.05) is 47.5 Å². The third kappa shape index (κ3) is 45.8. The van der Waals surface area contributed by atoms with Gasteiger partial charge in [0.15, 0.2) is 12.4 Å². The third-order valence-electron chi connectivity index (χ3n) is 9.53. The molecule has 0 aliphatic rings. The highest BCUT2D eigenvalue weighted by Gasteiger charge is 2.21. The van der Waals surface area contributed by atoms with Crippen LogP contribution in [0.2, 0.25) is 0 Å². The molecule has 9 heteroatoms. The summed E-state index contributed by atoms with van der Waals surface area (Å²) < 4.78 is 22.4. The first-order valence-corrected chi connectivity index (χ1v) is 24.0. The van der Waals surface area contributed by atoms with E-state index in [-0.39, 0.29) is 38.6 Å². The number of likely N-dealkylation sites (N-methyl/N-ethyl adjacent to an activating group) is 1. The van der Waals surface area contributed by atoms with Crippen LogP contribution in [0.15, 0.2) is 109 Å². The number of hydrogen-bond donors (Lipinski definition) is 0. The van der Waals surface area contributed by atoms with Gasteiger partial charge in [-0.2, -0.15) is 0 Å². The first-order chi connectivity index (χ1) is 30.6. The normalized spacial score (nSPS) is 13.9. The van der Waals surface area contributed by atoms with E-state index in [1.807, 2.05) is 27.2 Å². The van der Waals surface area contributed by atoms with E-state index in [4.69, 9.17) is 18.9 Å². The van der Waals surface area contributed by atoms with Crippen LogP contribution in [0.3, 0.4) is 0 Å². The Morgan fingerprint density at radius 3 is 1.33 bits per heavy atom. The molecule has 2 atom stereocenters. The Kier molecular flexibility index (Phi) is 41.7. The summed E-state index contributed by atoms with van der Waals surface area (Å²) in [5.41, 5.74) is 0. The van der Waals surface area contributed by atoms with E-state index in [0.29, 0.717) is 23.9 Å². The van der Waals surface area contributed by atoms with Crippen molar-refractivity contribution in [3.63, 3.8) is 0 Å². The Labute approximate surface area is 384 Å². The van der Waals surface area contributed by atoms with Gasteiger partial charge in [0.25, 0.3) is 0 Å². The fourth-order valence-corrected chi connectivity index (χ4v) is 5.83. The average Bonchev–Trinajstić information content (AvgIpc) is 3.24. The molecule has 2 unspecified atom stereocenters. The summed E-state index contributed by atoms with van der Waals surface area (Å²) in [5, 5.41) is 11.7. The predicted octanol–water partition coefficient (Wildman–Crippen LogP) is 11.9. The zero-order valence-electron chi connectivity index (χ0n) is 40.1. The van der Waals surface area contributed by atoms with Crippen molar-refractivity contribution in [3.8, 4) is 0 Å². The molecule has 0 spiro atoms. The maximum atomic E-state index is 12.7. The number of aliphatic carboxylic acids is 1. The first kappa shape index (κ1) is 58.9. The van der Waals surface area contributed by atoms with Gasteiger partial charge in [-0.3, -0.25) is 9.59 Å². The molecule has 0 amide bonds. The van der Waals surface area contributed by atoms with Crippen LogP contribution < -0.4 is 5.11 Å². The van der Waals surface area contributed by atoms with Crippen LogP contribution in [-0.4, -0.2) is 82.3 Å². The molecule has 0 fully saturated rings. The van der Waals surface area contributed by atoms with Crippen molar-refractivity contribution in [2.45, 2.75) is 167 Å². The van der Waals surface area contributed by atoms with Crippen LogP contribution >= 0.6 is 0 Å². The molecule has 0 aliphatic carbocycles. The lowest BCUT2D eigenvalue weighted by atomic mass is 10.1. The molecule has 0 saturated carbocycles. The van der Waals surface area contributed by atoms with Gasteiger partial charge in [-0.1, -0.05) is 175 Å². The van der Waals surface area contributed by atoms with E-state index >= 15 is 0 Å². The molecule has 9 nitrogen and oxygen atoms in total. The molecule has 0 aliphatic heterocycles. The van der Waals surface area contributed by atoms with Gasteiger partial charge < -0.3 is 33.3 Å². The molecule has 0 bridgehead atoms. The van der Waals surface area contributed by atoms with Gasteiger partial charge in [0.05, 0.1) is 40.3 Å². The van der Waals surface area contributed by atoms with Crippen molar-refractivity contribution < 1.29 is 42.9 Å². The van der Waals surface area contributed by atoms with Gasteiger partial charge in [-0.05, 0) is 77.0 Å². The molecule has 356 valence electrons. The number of esters is 2. The van der Waals surface area contributed by atoms with E-state index in [0.717, 1.165) is 77.0 Å². The monoisotopic (exact) mass is 878 g/mol. The number of carboxylic acid groups (broad SMARTS) is 1. The summed E-state index contributed by atoms with van der Waals surface area (Å²) in [6.45, 7) is 4.50. The highest BCUT2D eigenvalue weighted by molar-refractivity contribution is 5.70. The van der Waals surface area contributed by atoms with Crippen LogP contribution in [0, 0.1) is 0 Å². The van der Waals surface area contributed by atoms with Crippen LogP contribution in [-0.2, 0) is 33.3 Å². The largest absolute Gasteiger partial charge is 0.545 e. The topological polar surface area (TPSA) is 111 Å². The maximum absolute atomic E-state index is 12.7. The van der Waals surface area contributed by atoms with Gasteiger partial charge in [-0.15, -0.1) is 0 Å². The number of nitrogens with zero attached hydrogens (tertiary/aromatic N) is 1. The van der Waals surface area contributed by atoms with Gasteiger partial charge in [0.2, 0.25) is 0 Å². The van der Waals surface area contributed by atoms with Crippen LogP contribution in [0.5, 0.6) is 0 Å². The second-order valence-corrected chi connectivity index (χ2v) is 16.7. The van der Waals surface area contributed by atoms with Crippen LogP contribution in [0.4, 0.5) is 0 Å². The number of quaternary nitrogens is 1. The summed E-state index contributed by atoms with van der Waals surface area (Å²) in [7, 11) is 5.87. The second-order valence-electron chi connectivity index (χ2n) is 16.7. The summed E-state index contributed by atoms with van der Waals surface area (Å²) in [6.07, 6.45) is 57.2. The Bertz CT molecular complexity index is 1390. The Hall–Kier alpha value is -4.05. The zero-order chi connectivity index (χ0) is 46.3. The minimum atomic E-state index is -1.64. The van der Waals surface area contributed by atoms with Gasteiger partial charge >= 0.3 is 11.9 Å². The van der Waals surface area contributed by atoms with E-state index in [1.54, 1.807) is 0 Å². The number of carboxylic acids is 1. The van der Waals surface area contributed by atoms with E-state index < -0.39 is 24.3 Å². The van der Waals surface area contributed by atoms with Crippen LogP contribution in [0.25, 0.3) is 0 Å². The summed E-state index contributed by atoms with van der Waals surface area (Å²) in [6, 6.07) is 0. The fourth-order valence-electron chi connectivity index (χ4n) is 5.83. The molecule has 0 heterocycles. The number of carbonyl (C=O) groups excluding carboxylic acids is 3. The number of allylic oxidation sites excluding steroid dienone is 18. The minimum Gasteiger partial charge on any atom is -0.545 e. The molecule has 0 rings (SSSR count). The first-order valence-electron chi connectivity index (χ1n) is 24.0. The van der Waals surface area contributed by atoms with Gasteiger partial charge in [0.1, 0.15) is 13.2 Å². The summed E-state index contributed by atoms with van der Waals surface area (Å²) in [4.78, 5) is 36.9. The minimum absolute atomic E-state index is 0.131. The molecule has 0 aromatic rings. The van der Waals surface area contributed by atoms with Crippen molar-refractivity contribution in [3.05, 3.63) is 109 Å². The Balaban J connectivity index is 4.42. The third-order valence-corrected chi connectivity index (χ3v) is 9.53. The summed E-state index contributed by atoms with van der Waals surface area (Å²) >= 11 is 0. The zero-order valence-corrected chi connectivity index (χ0v) is 40.1. The van der Waals surface area contributed by atoms with E-state index in [9.17, 15) is 19.5 Å². The lowest BCUT2D eigenvalue weighted by molar-refractivity contribution is -0.870. The molecule has 0 aromatic carbocycles. The maximum Gasteiger partial charge on any atom is 0.306 e. The Morgan fingerprint density at radius 2 is 0.905 bits per heavy atom. The highest BCUT2D eigenvalue weighted by atomic mass is 16.7. The van der Waals surface area contributed by atoms with Gasteiger partial charge in [-0.25, -0.2) is 0 Å².